The average Bonchev–Trinajstić information content (AvgIpc) is 3.21. The Bertz CT molecular complexity index is 1200. The van der Waals surface area contributed by atoms with Gasteiger partial charge in [-0.25, -0.2) is 8.42 Å². The summed E-state index contributed by atoms with van der Waals surface area (Å²) in [5.74, 6) is -0.298. The van der Waals surface area contributed by atoms with Crippen LogP contribution in [0.25, 0.3) is 10.9 Å². The van der Waals surface area contributed by atoms with Gasteiger partial charge in [0.1, 0.15) is 5.69 Å². The van der Waals surface area contributed by atoms with E-state index in [9.17, 15) is 26.4 Å². The molecule has 4 rings (SSSR count). The standard InChI is InChI=1S/C22H23F3N4O3S/c23-22(24,25)14-29-9-6-18(7-10-29)33(31,32)17-3-1-15(2-4-17)12-27-21(30)20-11-16-13-26-8-5-19(16)28-20/h1-5,8,11,13,18,28H,6-7,9-10,12,14H2,(H,27,30). The van der Waals surface area contributed by atoms with Crippen molar-refractivity contribution in [2.75, 3.05) is 19.6 Å². The number of rotatable bonds is 6. The number of sulfone groups is 1. The molecule has 3 heterocycles. The van der Waals surface area contributed by atoms with Crippen molar-refractivity contribution < 1.29 is 26.4 Å². The number of aromatic nitrogens is 2. The zero-order chi connectivity index (χ0) is 23.6. The number of alkyl halides is 3. The molecule has 0 spiro atoms. The molecule has 11 heteroatoms. The Labute approximate surface area is 188 Å². The van der Waals surface area contributed by atoms with Crippen LogP contribution in [0.3, 0.4) is 0 Å². The first kappa shape index (κ1) is 23.2. The number of carbonyl (C=O) groups is 1. The third-order valence-corrected chi connectivity index (χ3v) is 8.03. The molecule has 33 heavy (non-hydrogen) atoms. The molecule has 2 N–H and O–H groups in total. The van der Waals surface area contributed by atoms with Gasteiger partial charge >= 0.3 is 6.18 Å². The number of likely N-dealkylation sites (tertiary alicyclic amines) is 1. The van der Waals surface area contributed by atoms with Crippen molar-refractivity contribution in [3.8, 4) is 0 Å². The van der Waals surface area contributed by atoms with Crippen LogP contribution in [-0.4, -0.2) is 60.3 Å². The van der Waals surface area contributed by atoms with Crippen molar-refractivity contribution in [3.63, 3.8) is 0 Å². The summed E-state index contributed by atoms with van der Waals surface area (Å²) in [6.45, 7) is -0.618. The van der Waals surface area contributed by atoms with Gasteiger partial charge in [0.25, 0.3) is 5.91 Å². The summed E-state index contributed by atoms with van der Waals surface area (Å²) in [5, 5.41) is 2.90. The molecule has 0 aliphatic carbocycles. The van der Waals surface area contributed by atoms with E-state index in [2.05, 4.69) is 15.3 Å². The van der Waals surface area contributed by atoms with E-state index in [0.29, 0.717) is 5.69 Å². The van der Waals surface area contributed by atoms with Crippen LogP contribution in [0.2, 0.25) is 0 Å². The minimum absolute atomic E-state index is 0.0946. The van der Waals surface area contributed by atoms with Gasteiger partial charge in [0.05, 0.1) is 16.7 Å². The molecule has 0 bridgehead atoms. The third-order valence-electron chi connectivity index (χ3n) is 5.75. The molecule has 176 valence electrons. The molecular formula is C22H23F3N4O3S. The topological polar surface area (TPSA) is 95.2 Å². The molecule has 0 unspecified atom stereocenters. The monoisotopic (exact) mass is 480 g/mol. The zero-order valence-electron chi connectivity index (χ0n) is 17.6. The van der Waals surface area contributed by atoms with Gasteiger partial charge in [0, 0.05) is 29.8 Å². The van der Waals surface area contributed by atoms with E-state index in [-0.39, 0.29) is 43.3 Å². The van der Waals surface area contributed by atoms with Gasteiger partial charge in [-0.3, -0.25) is 14.7 Å². The number of amides is 1. The number of aromatic amines is 1. The first-order valence-corrected chi connectivity index (χ1v) is 12.0. The second-order valence-electron chi connectivity index (χ2n) is 8.11. The van der Waals surface area contributed by atoms with Crippen LogP contribution in [-0.2, 0) is 16.4 Å². The van der Waals surface area contributed by atoms with Gasteiger partial charge in [-0.1, -0.05) is 12.1 Å². The Hall–Kier alpha value is -2.92. The van der Waals surface area contributed by atoms with E-state index in [4.69, 9.17) is 0 Å². The predicted octanol–water partition coefficient (Wildman–Crippen LogP) is 3.29. The van der Waals surface area contributed by atoms with Crippen molar-refractivity contribution >= 4 is 26.6 Å². The molecule has 1 saturated heterocycles. The second-order valence-corrected chi connectivity index (χ2v) is 10.3. The summed E-state index contributed by atoms with van der Waals surface area (Å²) in [7, 11) is -3.64. The number of hydrogen-bond donors (Lipinski definition) is 2. The van der Waals surface area contributed by atoms with Crippen molar-refractivity contribution in [1.29, 1.82) is 0 Å². The number of nitrogens with zero attached hydrogens (tertiary/aromatic N) is 2. The molecule has 1 aliphatic rings. The largest absolute Gasteiger partial charge is 0.401 e. The van der Waals surface area contributed by atoms with Crippen molar-refractivity contribution in [2.45, 2.75) is 35.7 Å². The van der Waals surface area contributed by atoms with Crippen LogP contribution in [0.15, 0.2) is 53.7 Å². The number of H-pyrrole nitrogens is 1. The van der Waals surface area contributed by atoms with Crippen LogP contribution >= 0.6 is 0 Å². The number of pyridine rings is 1. The Balaban J connectivity index is 1.34. The van der Waals surface area contributed by atoms with Gasteiger partial charge in [0.15, 0.2) is 9.84 Å². The van der Waals surface area contributed by atoms with Gasteiger partial charge < -0.3 is 10.3 Å². The number of fused-ring (bicyclic) bond motifs is 1. The van der Waals surface area contributed by atoms with E-state index in [1.54, 1.807) is 36.7 Å². The highest BCUT2D eigenvalue weighted by Gasteiger charge is 2.36. The summed E-state index contributed by atoms with van der Waals surface area (Å²) in [5.41, 5.74) is 1.92. The fourth-order valence-electron chi connectivity index (χ4n) is 3.99. The summed E-state index contributed by atoms with van der Waals surface area (Å²) < 4.78 is 63.4. The number of halogens is 3. The van der Waals surface area contributed by atoms with Crippen LogP contribution in [0.4, 0.5) is 13.2 Å². The van der Waals surface area contributed by atoms with Crippen LogP contribution in [0.1, 0.15) is 28.9 Å². The molecule has 1 fully saturated rings. The number of hydrogen-bond acceptors (Lipinski definition) is 5. The maximum atomic E-state index is 12.9. The van der Waals surface area contributed by atoms with Crippen LogP contribution < -0.4 is 5.32 Å². The Kier molecular flexibility index (Phi) is 6.44. The molecule has 2 aromatic heterocycles. The lowest BCUT2D eigenvalue weighted by Crippen LogP contribution is -2.43. The molecule has 7 nitrogen and oxygen atoms in total. The highest BCUT2D eigenvalue weighted by molar-refractivity contribution is 7.92. The lowest BCUT2D eigenvalue weighted by molar-refractivity contribution is -0.147. The highest BCUT2D eigenvalue weighted by Crippen LogP contribution is 2.27. The Morgan fingerprint density at radius 2 is 1.85 bits per heavy atom. The van der Waals surface area contributed by atoms with Crippen LogP contribution in [0, 0.1) is 0 Å². The second kappa shape index (κ2) is 9.14. The summed E-state index contributed by atoms with van der Waals surface area (Å²) in [4.78, 5) is 20.8. The summed E-state index contributed by atoms with van der Waals surface area (Å²) >= 11 is 0. The third kappa shape index (κ3) is 5.53. The van der Waals surface area contributed by atoms with Crippen molar-refractivity contribution in [1.82, 2.24) is 20.2 Å². The number of carbonyl (C=O) groups excluding carboxylic acids is 1. The maximum absolute atomic E-state index is 12.9. The fourth-order valence-corrected chi connectivity index (χ4v) is 5.72. The van der Waals surface area contributed by atoms with E-state index in [1.807, 2.05) is 0 Å². The molecular weight excluding hydrogens is 457 g/mol. The maximum Gasteiger partial charge on any atom is 0.401 e. The number of nitrogens with one attached hydrogen (secondary N) is 2. The highest BCUT2D eigenvalue weighted by atomic mass is 32.2. The minimum atomic E-state index is -4.29. The number of piperidine rings is 1. The van der Waals surface area contributed by atoms with Gasteiger partial charge in [-0.15, -0.1) is 0 Å². The molecule has 0 saturated carbocycles. The van der Waals surface area contributed by atoms with Crippen molar-refractivity contribution in [3.05, 3.63) is 60.0 Å². The van der Waals surface area contributed by atoms with Crippen molar-refractivity contribution in [2.24, 2.45) is 0 Å². The number of benzene rings is 1. The first-order chi connectivity index (χ1) is 15.6. The minimum Gasteiger partial charge on any atom is -0.350 e. The fraction of sp³-hybridized carbons (Fsp3) is 0.364. The molecule has 1 amide bonds. The molecule has 1 aliphatic heterocycles. The Morgan fingerprint density at radius 3 is 2.48 bits per heavy atom. The molecule has 0 atom stereocenters. The van der Waals surface area contributed by atoms with Gasteiger partial charge in [0.2, 0.25) is 0 Å². The van der Waals surface area contributed by atoms with E-state index in [1.165, 1.54) is 17.0 Å². The first-order valence-electron chi connectivity index (χ1n) is 10.4. The van der Waals surface area contributed by atoms with Crippen LogP contribution in [0.5, 0.6) is 0 Å². The normalized spacial score (nSPS) is 16.2. The smallest absolute Gasteiger partial charge is 0.350 e. The molecule has 3 aromatic rings. The van der Waals surface area contributed by atoms with Gasteiger partial charge in [-0.05, 0) is 55.8 Å². The lowest BCUT2D eigenvalue weighted by Gasteiger charge is -2.32. The molecule has 0 radical (unpaired) electrons. The van der Waals surface area contributed by atoms with E-state index >= 15 is 0 Å². The van der Waals surface area contributed by atoms with E-state index < -0.39 is 27.8 Å². The summed E-state index contributed by atoms with van der Waals surface area (Å²) in [6.07, 6.45) is -0.682. The molecule has 1 aromatic carbocycles. The Morgan fingerprint density at radius 1 is 1.15 bits per heavy atom. The predicted molar refractivity (Wildman–Crippen MR) is 116 cm³/mol. The van der Waals surface area contributed by atoms with Gasteiger partial charge in [-0.2, -0.15) is 13.2 Å². The SMILES string of the molecule is O=C(NCc1ccc(S(=O)(=O)C2CCN(CC(F)(F)F)CC2)cc1)c1cc2cnccc2[nH]1. The average molecular weight is 481 g/mol. The van der Waals surface area contributed by atoms with E-state index in [0.717, 1.165) is 16.5 Å². The zero-order valence-corrected chi connectivity index (χ0v) is 18.4. The quantitative estimate of drug-likeness (QED) is 0.565. The lowest BCUT2D eigenvalue weighted by atomic mass is 10.1. The summed E-state index contributed by atoms with van der Waals surface area (Å²) in [6, 6.07) is 9.68.